The fourth-order valence-corrected chi connectivity index (χ4v) is 2.60. The van der Waals surface area contributed by atoms with Gasteiger partial charge < -0.3 is 20.1 Å². The number of hydrogen-bond acceptors (Lipinski definition) is 6. The van der Waals surface area contributed by atoms with E-state index in [9.17, 15) is 20.1 Å². The SMILES string of the molecule is CC(=O)OC1CN2CC[C@H](O)C2C(O)[C@@H]1O. The van der Waals surface area contributed by atoms with E-state index < -0.39 is 36.4 Å². The Bertz CT molecular complexity index is 284. The van der Waals surface area contributed by atoms with E-state index in [2.05, 4.69) is 0 Å². The molecule has 0 aromatic carbocycles. The van der Waals surface area contributed by atoms with Gasteiger partial charge in [-0.3, -0.25) is 9.69 Å². The Balaban J connectivity index is 2.09. The molecule has 0 bridgehead atoms. The number of carbonyl (C=O) groups is 1. The lowest BCUT2D eigenvalue weighted by atomic mass is 9.93. The molecule has 2 saturated heterocycles. The van der Waals surface area contributed by atoms with Gasteiger partial charge in [0, 0.05) is 20.0 Å². The van der Waals surface area contributed by atoms with Crippen LogP contribution in [0.4, 0.5) is 0 Å². The molecule has 2 heterocycles. The summed E-state index contributed by atoms with van der Waals surface area (Å²) in [6, 6.07) is -0.443. The van der Waals surface area contributed by atoms with Crippen molar-refractivity contribution in [1.82, 2.24) is 4.90 Å². The molecule has 2 rings (SSSR count). The van der Waals surface area contributed by atoms with E-state index in [1.54, 1.807) is 0 Å². The molecular weight excluding hydrogens is 214 g/mol. The highest BCUT2D eigenvalue weighted by Gasteiger charge is 2.49. The fourth-order valence-electron chi connectivity index (χ4n) is 2.60. The number of piperidine rings is 1. The third-order valence-corrected chi connectivity index (χ3v) is 3.34. The van der Waals surface area contributed by atoms with Crippen LogP contribution in [0.5, 0.6) is 0 Å². The van der Waals surface area contributed by atoms with Gasteiger partial charge in [-0.05, 0) is 6.42 Å². The molecule has 0 aromatic heterocycles. The van der Waals surface area contributed by atoms with Gasteiger partial charge in [0.25, 0.3) is 0 Å². The summed E-state index contributed by atoms with van der Waals surface area (Å²) in [4.78, 5) is 12.7. The molecule has 6 nitrogen and oxygen atoms in total. The summed E-state index contributed by atoms with van der Waals surface area (Å²) < 4.78 is 4.95. The van der Waals surface area contributed by atoms with Crippen LogP contribution in [0.2, 0.25) is 0 Å². The molecule has 16 heavy (non-hydrogen) atoms. The molecule has 0 saturated carbocycles. The van der Waals surface area contributed by atoms with Gasteiger partial charge in [0.05, 0.1) is 12.1 Å². The van der Waals surface area contributed by atoms with E-state index >= 15 is 0 Å². The Morgan fingerprint density at radius 3 is 2.62 bits per heavy atom. The van der Waals surface area contributed by atoms with E-state index in [0.717, 1.165) is 0 Å². The highest BCUT2D eigenvalue weighted by atomic mass is 16.6. The summed E-state index contributed by atoms with van der Waals surface area (Å²) in [6.45, 7) is 2.27. The number of ether oxygens (including phenoxy) is 1. The molecule has 0 radical (unpaired) electrons. The quantitative estimate of drug-likeness (QED) is 0.456. The minimum absolute atomic E-state index is 0.361. The number of esters is 1. The molecular formula is C10H17NO5. The van der Waals surface area contributed by atoms with Crippen LogP contribution in [-0.2, 0) is 9.53 Å². The van der Waals surface area contributed by atoms with Crippen molar-refractivity contribution in [2.75, 3.05) is 13.1 Å². The van der Waals surface area contributed by atoms with Gasteiger partial charge in [0.15, 0.2) is 0 Å². The Kier molecular flexibility index (Phi) is 3.16. The maximum Gasteiger partial charge on any atom is 0.303 e. The third kappa shape index (κ3) is 1.93. The smallest absolute Gasteiger partial charge is 0.303 e. The Hall–Kier alpha value is -0.690. The van der Waals surface area contributed by atoms with Crippen molar-refractivity contribution >= 4 is 5.97 Å². The average Bonchev–Trinajstić information content (AvgIpc) is 2.55. The summed E-state index contributed by atoms with van der Waals surface area (Å²) in [5.41, 5.74) is 0. The molecule has 2 aliphatic heterocycles. The number of carbonyl (C=O) groups excluding carboxylic acids is 1. The van der Waals surface area contributed by atoms with Crippen molar-refractivity contribution in [3.8, 4) is 0 Å². The van der Waals surface area contributed by atoms with E-state index in [4.69, 9.17) is 4.74 Å². The van der Waals surface area contributed by atoms with Crippen molar-refractivity contribution in [3.63, 3.8) is 0 Å². The first-order valence-electron chi connectivity index (χ1n) is 5.46. The van der Waals surface area contributed by atoms with E-state index in [-0.39, 0.29) is 0 Å². The zero-order valence-electron chi connectivity index (χ0n) is 9.11. The van der Waals surface area contributed by atoms with E-state index in [0.29, 0.717) is 19.5 Å². The first-order chi connectivity index (χ1) is 7.50. The van der Waals surface area contributed by atoms with Crippen molar-refractivity contribution in [2.24, 2.45) is 0 Å². The normalized spacial score (nSPS) is 44.1. The summed E-state index contributed by atoms with van der Waals surface area (Å²) in [7, 11) is 0. The molecule has 0 aliphatic carbocycles. The first-order valence-corrected chi connectivity index (χ1v) is 5.46. The Labute approximate surface area is 93.4 Å². The average molecular weight is 231 g/mol. The number of nitrogens with zero attached hydrogens (tertiary/aromatic N) is 1. The molecule has 3 unspecified atom stereocenters. The molecule has 3 N–H and O–H groups in total. The minimum Gasteiger partial charge on any atom is -0.458 e. The van der Waals surface area contributed by atoms with Crippen LogP contribution in [0, 0.1) is 0 Å². The predicted octanol–water partition coefficient (Wildman–Crippen LogP) is -1.91. The Morgan fingerprint density at radius 2 is 2.00 bits per heavy atom. The van der Waals surface area contributed by atoms with Crippen LogP contribution in [0.15, 0.2) is 0 Å². The summed E-state index contributed by atoms with van der Waals surface area (Å²) in [6.07, 6.45) is -2.97. The van der Waals surface area contributed by atoms with Gasteiger partial charge in [0.2, 0.25) is 0 Å². The second kappa shape index (κ2) is 4.29. The molecule has 5 atom stereocenters. The highest BCUT2D eigenvalue weighted by molar-refractivity contribution is 5.66. The molecule has 2 fully saturated rings. The van der Waals surface area contributed by atoms with Gasteiger partial charge in [0.1, 0.15) is 18.3 Å². The molecule has 0 amide bonds. The van der Waals surface area contributed by atoms with Gasteiger partial charge in [-0.15, -0.1) is 0 Å². The number of rotatable bonds is 1. The Morgan fingerprint density at radius 1 is 1.31 bits per heavy atom. The van der Waals surface area contributed by atoms with Crippen molar-refractivity contribution in [1.29, 1.82) is 0 Å². The maximum atomic E-state index is 10.8. The summed E-state index contributed by atoms with van der Waals surface area (Å²) in [5, 5.41) is 29.3. The number of aliphatic hydroxyl groups excluding tert-OH is 3. The molecule has 92 valence electrons. The van der Waals surface area contributed by atoms with Crippen LogP contribution in [0.1, 0.15) is 13.3 Å². The van der Waals surface area contributed by atoms with Gasteiger partial charge in [-0.25, -0.2) is 0 Å². The summed E-state index contributed by atoms with van der Waals surface area (Å²) >= 11 is 0. The van der Waals surface area contributed by atoms with E-state index in [1.807, 2.05) is 4.90 Å². The lowest BCUT2D eigenvalue weighted by Gasteiger charge is -2.42. The fraction of sp³-hybridized carbons (Fsp3) is 0.900. The first kappa shape index (κ1) is 11.8. The lowest BCUT2D eigenvalue weighted by molar-refractivity contribution is -0.176. The lowest BCUT2D eigenvalue weighted by Crippen LogP contribution is -2.62. The number of hydrogen-bond donors (Lipinski definition) is 3. The largest absolute Gasteiger partial charge is 0.458 e. The van der Waals surface area contributed by atoms with Crippen molar-refractivity contribution in [3.05, 3.63) is 0 Å². The zero-order chi connectivity index (χ0) is 11.9. The second-order valence-corrected chi connectivity index (χ2v) is 4.47. The zero-order valence-corrected chi connectivity index (χ0v) is 9.11. The maximum absolute atomic E-state index is 10.8. The number of fused-ring (bicyclic) bond motifs is 1. The molecule has 6 heteroatoms. The highest BCUT2D eigenvalue weighted by Crippen LogP contribution is 2.29. The predicted molar refractivity (Wildman–Crippen MR) is 53.6 cm³/mol. The topological polar surface area (TPSA) is 90.2 Å². The molecule has 2 aliphatic rings. The van der Waals surface area contributed by atoms with Gasteiger partial charge in [-0.2, -0.15) is 0 Å². The van der Waals surface area contributed by atoms with Gasteiger partial charge >= 0.3 is 5.97 Å². The second-order valence-electron chi connectivity index (χ2n) is 4.47. The molecule has 0 aromatic rings. The van der Waals surface area contributed by atoms with Crippen LogP contribution < -0.4 is 0 Å². The minimum atomic E-state index is -1.13. The van der Waals surface area contributed by atoms with Crippen LogP contribution in [-0.4, -0.2) is 69.7 Å². The summed E-state index contributed by atoms with van der Waals surface area (Å²) in [5.74, 6) is -0.477. The van der Waals surface area contributed by atoms with E-state index in [1.165, 1.54) is 6.92 Å². The standard InChI is InChI=1S/C10H17NO5/c1-5(12)16-7-4-11-3-2-6(13)8(11)10(15)9(7)14/h6-10,13-15H,2-4H2,1H3/t6-,7?,8?,9+,10?/m0/s1. The number of aliphatic hydroxyl groups is 3. The van der Waals surface area contributed by atoms with Crippen LogP contribution in [0.3, 0.4) is 0 Å². The van der Waals surface area contributed by atoms with Gasteiger partial charge in [-0.1, -0.05) is 0 Å². The van der Waals surface area contributed by atoms with Crippen LogP contribution >= 0.6 is 0 Å². The molecule has 0 spiro atoms. The monoisotopic (exact) mass is 231 g/mol. The van der Waals surface area contributed by atoms with Crippen LogP contribution in [0.25, 0.3) is 0 Å². The van der Waals surface area contributed by atoms with Crippen molar-refractivity contribution < 1.29 is 24.9 Å². The third-order valence-electron chi connectivity index (χ3n) is 3.34. The van der Waals surface area contributed by atoms with Crippen molar-refractivity contribution in [2.45, 2.75) is 43.8 Å².